The monoisotopic (exact) mass is 305 g/mol. The molecule has 22 heavy (non-hydrogen) atoms. The van der Waals surface area contributed by atoms with Gasteiger partial charge >= 0.3 is 11.8 Å². The average molecular weight is 305 g/mol. The molecule has 1 N–H and O–H groups in total. The molecule has 2 rings (SSSR count). The van der Waals surface area contributed by atoms with Crippen LogP contribution in [0.3, 0.4) is 0 Å². The van der Waals surface area contributed by atoms with E-state index < -0.39 is 11.8 Å². The van der Waals surface area contributed by atoms with E-state index in [0.29, 0.717) is 24.5 Å². The van der Waals surface area contributed by atoms with E-state index in [1.165, 1.54) is 7.11 Å². The third-order valence-corrected chi connectivity index (χ3v) is 3.90. The topological polar surface area (TPSA) is 61.9 Å². The van der Waals surface area contributed by atoms with Crippen molar-refractivity contribution in [3.05, 3.63) is 23.8 Å². The number of hydrogen-bond donors (Lipinski definition) is 1. The van der Waals surface area contributed by atoms with E-state index >= 15 is 0 Å². The standard InChI is InChI=1S/C16H23N3O3/c1-4-18-7-9-19(10-8-18)16(21)15(20)17-13-11-12(2)5-6-14(13)22-3/h5-6,11H,4,7-10H2,1-3H3,(H,17,20). The fraction of sp³-hybridized carbons (Fsp3) is 0.500. The van der Waals surface area contributed by atoms with Crippen LogP contribution in [0.2, 0.25) is 0 Å². The van der Waals surface area contributed by atoms with E-state index in [0.717, 1.165) is 25.2 Å². The van der Waals surface area contributed by atoms with Crippen LogP contribution in [-0.4, -0.2) is 61.4 Å². The first-order valence-corrected chi connectivity index (χ1v) is 7.52. The van der Waals surface area contributed by atoms with E-state index in [1.54, 1.807) is 17.0 Å². The van der Waals surface area contributed by atoms with Crippen molar-refractivity contribution in [3.63, 3.8) is 0 Å². The quantitative estimate of drug-likeness (QED) is 0.850. The summed E-state index contributed by atoms with van der Waals surface area (Å²) in [5, 5.41) is 2.66. The van der Waals surface area contributed by atoms with E-state index in [-0.39, 0.29) is 0 Å². The van der Waals surface area contributed by atoms with Gasteiger partial charge in [0, 0.05) is 26.2 Å². The van der Waals surface area contributed by atoms with Crippen LogP contribution in [0.1, 0.15) is 12.5 Å². The second-order valence-electron chi connectivity index (χ2n) is 5.38. The minimum absolute atomic E-state index is 0.487. The Bertz CT molecular complexity index is 552. The van der Waals surface area contributed by atoms with Crippen LogP contribution in [0.15, 0.2) is 18.2 Å². The number of nitrogens with zero attached hydrogens (tertiary/aromatic N) is 2. The summed E-state index contributed by atoms with van der Waals surface area (Å²) >= 11 is 0. The van der Waals surface area contributed by atoms with Gasteiger partial charge in [-0.3, -0.25) is 9.59 Å². The first-order chi connectivity index (χ1) is 10.5. The molecule has 6 heteroatoms. The van der Waals surface area contributed by atoms with Crippen molar-refractivity contribution < 1.29 is 14.3 Å². The van der Waals surface area contributed by atoms with Crippen molar-refractivity contribution in [3.8, 4) is 5.75 Å². The fourth-order valence-corrected chi connectivity index (χ4v) is 2.51. The number of aryl methyl sites for hydroxylation is 1. The van der Waals surface area contributed by atoms with Gasteiger partial charge in [0.15, 0.2) is 0 Å². The van der Waals surface area contributed by atoms with Gasteiger partial charge < -0.3 is 19.9 Å². The number of likely N-dealkylation sites (N-methyl/N-ethyl adjacent to an activating group) is 1. The summed E-state index contributed by atoms with van der Waals surface area (Å²) in [5.74, 6) is -0.560. The van der Waals surface area contributed by atoms with Gasteiger partial charge in [-0.2, -0.15) is 0 Å². The van der Waals surface area contributed by atoms with Gasteiger partial charge in [-0.05, 0) is 31.2 Å². The zero-order chi connectivity index (χ0) is 16.1. The molecule has 0 aromatic heterocycles. The zero-order valence-electron chi connectivity index (χ0n) is 13.4. The number of carbonyl (C=O) groups excluding carboxylic acids is 2. The maximum absolute atomic E-state index is 12.2. The normalized spacial score (nSPS) is 15.5. The predicted molar refractivity (Wildman–Crippen MR) is 85.1 cm³/mol. The summed E-state index contributed by atoms with van der Waals surface area (Å²) < 4.78 is 5.21. The van der Waals surface area contributed by atoms with E-state index in [4.69, 9.17) is 4.74 Å². The van der Waals surface area contributed by atoms with Gasteiger partial charge in [0.2, 0.25) is 0 Å². The Morgan fingerprint density at radius 1 is 1.23 bits per heavy atom. The van der Waals surface area contributed by atoms with Gasteiger partial charge in [-0.25, -0.2) is 0 Å². The number of nitrogens with one attached hydrogen (secondary N) is 1. The Kier molecular flexibility index (Phi) is 5.38. The largest absolute Gasteiger partial charge is 0.495 e. The minimum Gasteiger partial charge on any atom is -0.495 e. The predicted octanol–water partition coefficient (Wildman–Crippen LogP) is 1.11. The van der Waals surface area contributed by atoms with Gasteiger partial charge in [-0.15, -0.1) is 0 Å². The molecular formula is C16H23N3O3. The SMILES string of the molecule is CCN1CCN(C(=O)C(=O)Nc2cc(C)ccc2OC)CC1. The fourth-order valence-electron chi connectivity index (χ4n) is 2.51. The van der Waals surface area contributed by atoms with Crippen LogP contribution in [0.25, 0.3) is 0 Å². The average Bonchev–Trinajstić information content (AvgIpc) is 2.54. The molecule has 0 atom stereocenters. The molecule has 6 nitrogen and oxygen atoms in total. The lowest BCUT2D eigenvalue weighted by atomic mass is 10.2. The molecule has 1 aromatic carbocycles. The van der Waals surface area contributed by atoms with E-state index in [1.807, 2.05) is 13.0 Å². The number of ether oxygens (including phenoxy) is 1. The van der Waals surface area contributed by atoms with Crippen molar-refractivity contribution in [2.45, 2.75) is 13.8 Å². The molecule has 1 aromatic rings. The molecule has 0 bridgehead atoms. The number of carbonyl (C=O) groups is 2. The van der Waals surface area contributed by atoms with Crippen LogP contribution < -0.4 is 10.1 Å². The summed E-state index contributed by atoms with van der Waals surface area (Å²) in [6.45, 7) is 7.77. The number of methoxy groups -OCH3 is 1. The summed E-state index contributed by atoms with van der Waals surface area (Å²) in [6, 6.07) is 5.45. The number of benzene rings is 1. The van der Waals surface area contributed by atoms with E-state index in [2.05, 4.69) is 17.1 Å². The van der Waals surface area contributed by atoms with Crippen LogP contribution in [0.5, 0.6) is 5.75 Å². The lowest BCUT2D eigenvalue weighted by Crippen LogP contribution is -2.51. The van der Waals surface area contributed by atoms with Crippen LogP contribution in [-0.2, 0) is 9.59 Å². The molecule has 1 fully saturated rings. The van der Waals surface area contributed by atoms with Crippen molar-refractivity contribution in [1.29, 1.82) is 0 Å². The Morgan fingerprint density at radius 2 is 1.91 bits per heavy atom. The molecule has 0 unspecified atom stereocenters. The van der Waals surface area contributed by atoms with Crippen LogP contribution >= 0.6 is 0 Å². The lowest BCUT2D eigenvalue weighted by molar-refractivity contribution is -0.144. The lowest BCUT2D eigenvalue weighted by Gasteiger charge is -2.33. The smallest absolute Gasteiger partial charge is 0.314 e. The Balaban J connectivity index is 2.00. The zero-order valence-corrected chi connectivity index (χ0v) is 13.4. The van der Waals surface area contributed by atoms with Gasteiger partial charge in [0.25, 0.3) is 0 Å². The number of piperazine rings is 1. The highest BCUT2D eigenvalue weighted by Gasteiger charge is 2.26. The highest BCUT2D eigenvalue weighted by Crippen LogP contribution is 2.25. The molecule has 2 amide bonds. The minimum atomic E-state index is -0.617. The third-order valence-electron chi connectivity index (χ3n) is 3.90. The van der Waals surface area contributed by atoms with Crippen molar-refractivity contribution in [1.82, 2.24) is 9.80 Å². The van der Waals surface area contributed by atoms with Gasteiger partial charge in [0.1, 0.15) is 5.75 Å². The van der Waals surface area contributed by atoms with E-state index in [9.17, 15) is 9.59 Å². The van der Waals surface area contributed by atoms with Gasteiger partial charge in [0.05, 0.1) is 12.8 Å². The molecule has 0 saturated carbocycles. The molecular weight excluding hydrogens is 282 g/mol. The Morgan fingerprint density at radius 3 is 2.50 bits per heavy atom. The molecule has 1 saturated heterocycles. The summed E-state index contributed by atoms with van der Waals surface area (Å²) in [5.41, 5.74) is 1.51. The van der Waals surface area contributed by atoms with Crippen molar-refractivity contribution in [2.75, 3.05) is 45.2 Å². The van der Waals surface area contributed by atoms with Crippen LogP contribution in [0.4, 0.5) is 5.69 Å². The number of amides is 2. The van der Waals surface area contributed by atoms with Crippen molar-refractivity contribution >= 4 is 17.5 Å². The maximum atomic E-state index is 12.2. The molecule has 1 aliphatic rings. The number of hydrogen-bond acceptors (Lipinski definition) is 4. The molecule has 1 aliphatic heterocycles. The molecule has 120 valence electrons. The number of anilines is 1. The Labute approximate surface area is 131 Å². The van der Waals surface area contributed by atoms with Crippen molar-refractivity contribution in [2.24, 2.45) is 0 Å². The first-order valence-electron chi connectivity index (χ1n) is 7.52. The summed E-state index contributed by atoms with van der Waals surface area (Å²) in [7, 11) is 1.53. The second-order valence-corrected chi connectivity index (χ2v) is 5.38. The van der Waals surface area contributed by atoms with Crippen LogP contribution in [0, 0.1) is 6.92 Å². The first kappa shape index (κ1) is 16.3. The third kappa shape index (κ3) is 3.76. The molecule has 0 spiro atoms. The second kappa shape index (κ2) is 7.26. The highest BCUT2D eigenvalue weighted by molar-refractivity contribution is 6.39. The maximum Gasteiger partial charge on any atom is 0.314 e. The number of rotatable bonds is 3. The Hall–Kier alpha value is -2.08. The summed E-state index contributed by atoms with van der Waals surface area (Å²) in [6.07, 6.45) is 0. The highest BCUT2D eigenvalue weighted by atomic mass is 16.5. The molecule has 1 heterocycles. The summed E-state index contributed by atoms with van der Waals surface area (Å²) in [4.78, 5) is 28.3. The molecule has 0 aliphatic carbocycles. The molecule has 0 radical (unpaired) electrons. The van der Waals surface area contributed by atoms with Gasteiger partial charge in [-0.1, -0.05) is 13.0 Å².